The van der Waals surface area contributed by atoms with E-state index in [1.807, 2.05) is 24.3 Å². The third kappa shape index (κ3) is 4.46. The molecule has 7 heteroatoms. The lowest BCUT2D eigenvalue weighted by Gasteiger charge is -2.17. The number of benzene rings is 2. The van der Waals surface area contributed by atoms with Crippen molar-refractivity contribution < 1.29 is 18.7 Å². The number of amides is 1. The molecule has 0 aliphatic rings. The minimum absolute atomic E-state index is 0.0983. The zero-order valence-electron chi connectivity index (χ0n) is 14.6. The van der Waals surface area contributed by atoms with Gasteiger partial charge in [-0.3, -0.25) is 4.79 Å². The first-order valence-corrected chi connectivity index (χ1v) is 8.75. The molecule has 1 unspecified atom stereocenters. The van der Waals surface area contributed by atoms with Crippen molar-refractivity contribution in [2.75, 3.05) is 0 Å². The SMILES string of the molecule is CC(=O)NC(Cc1c[nH]c2ccccc12)C(=O)OCc1c(F)cccc1Cl. The summed E-state index contributed by atoms with van der Waals surface area (Å²) in [5, 5.41) is 3.73. The van der Waals surface area contributed by atoms with Crippen LogP contribution in [0.15, 0.2) is 48.7 Å². The highest BCUT2D eigenvalue weighted by atomic mass is 35.5. The average Bonchev–Trinajstić information content (AvgIpc) is 3.03. The molecule has 0 saturated heterocycles. The monoisotopic (exact) mass is 388 g/mol. The number of esters is 1. The van der Waals surface area contributed by atoms with Crippen LogP contribution < -0.4 is 5.32 Å². The number of fused-ring (bicyclic) bond motifs is 1. The van der Waals surface area contributed by atoms with Gasteiger partial charge in [0.05, 0.1) is 5.02 Å². The zero-order valence-corrected chi connectivity index (χ0v) is 15.3. The molecular weight excluding hydrogens is 371 g/mol. The summed E-state index contributed by atoms with van der Waals surface area (Å²) in [4.78, 5) is 27.2. The molecule has 0 spiro atoms. The fourth-order valence-corrected chi connectivity index (χ4v) is 3.09. The smallest absolute Gasteiger partial charge is 0.329 e. The molecule has 3 rings (SSSR count). The quantitative estimate of drug-likeness (QED) is 0.632. The van der Waals surface area contributed by atoms with E-state index in [0.29, 0.717) is 0 Å². The molecule has 140 valence electrons. The van der Waals surface area contributed by atoms with Gasteiger partial charge < -0.3 is 15.0 Å². The Morgan fingerprint density at radius 2 is 2.00 bits per heavy atom. The van der Waals surface area contributed by atoms with Crippen molar-refractivity contribution in [1.82, 2.24) is 10.3 Å². The van der Waals surface area contributed by atoms with E-state index in [1.165, 1.54) is 25.1 Å². The number of hydrogen-bond donors (Lipinski definition) is 2. The first kappa shape index (κ1) is 18.9. The highest BCUT2D eigenvalue weighted by molar-refractivity contribution is 6.31. The Morgan fingerprint density at radius 3 is 2.74 bits per heavy atom. The molecule has 0 bridgehead atoms. The first-order chi connectivity index (χ1) is 13.0. The van der Waals surface area contributed by atoms with Crippen LogP contribution in [0.4, 0.5) is 4.39 Å². The normalized spacial score (nSPS) is 12.0. The van der Waals surface area contributed by atoms with E-state index in [9.17, 15) is 14.0 Å². The summed E-state index contributed by atoms with van der Waals surface area (Å²) < 4.78 is 19.1. The lowest BCUT2D eigenvalue weighted by Crippen LogP contribution is -2.42. The minimum atomic E-state index is -0.896. The molecule has 0 aliphatic heterocycles. The lowest BCUT2D eigenvalue weighted by atomic mass is 10.0. The maximum Gasteiger partial charge on any atom is 0.329 e. The van der Waals surface area contributed by atoms with Crippen LogP contribution in [-0.4, -0.2) is 22.9 Å². The number of nitrogens with one attached hydrogen (secondary N) is 2. The van der Waals surface area contributed by atoms with Gasteiger partial charge in [-0.1, -0.05) is 35.9 Å². The molecule has 0 radical (unpaired) electrons. The molecular formula is C20H18ClFN2O3. The van der Waals surface area contributed by atoms with Crippen molar-refractivity contribution >= 4 is 34.4 Å². The van der Waals surface area contributed by atoms with Crippen molar-refractivity contribution in [2.24, 2.45) is 0 Å². The predicted octanol–water partition coefficient (Wildman–Crippen LogP) is 3.75. The lowest BCUT2D eigenvalue weighted by molar-refractivity contribution is -0.149. The summed E-state index contributed by atoms with van der Waals surface area (Å²) in [6, 6.07) is 11.0. The largest absolute Gasteiger partial charge is 0.459 e. The van der Waals surface area contributed by atoms with Gasteiger partial charge in [-0.25, -0.2) is 9.18 Å². The van der Waals surface area contributed by atoms with Crippen LogP contribution in [0.2, 0.25) is 5.02 Å². The van der Waals surface area contributed by atoms with Gasteiger partial charge >= 0.3 is 5.97 Å². The number of halogens is 2. The zero-order chi connectivity index (χ0) is 19.4. The number of H-pyrrole nitrogens is 1. The van der Waals surface area contributed by atoms with Gasteiger partial charge in [-0.15, -0.1) is 0 Å². The highest BCUT2D eigenvalue weighted by Crippen LogP contribution is 2.21. The second-order valence-corrected chi connectivity index (χ2v) is 6.53. The molecule has 3 aromatic rings. The van der Waals surface area contributed by atoms with Crippen LogP contribution in [0.1, 0.15) is 18.1 Å². The summed E-state index contributed by atoms with van der Waals surface area (Å²) in [6.45, 7) is 1.01. The number of para-hydroxylation sites is 1. The van der Waals surface area contributed by atoms with E-state index in [2.05, 4.69) is 10.3 Å². The molecule has 1 atom stereocenters. The highest BCUT2D eigenvalue weighted by Gasteiger charge is 2.23. The molecule has 0 fully saturated rings. The Labute approximate surface area is 160 Å². The molecule has 5 nitrogen and oxygen atoms in total. The van der Waals surface area contributed by atoms with Crippen LogP contribution in [0, 0.1) is 5.82 Å². The van der Waals surface area contributed by atoms with Gasteiger partial charge in [0.2, 0.25) is 5.91 Å². The first-order valence-electron chi connectivity index (χ1n) is 8.37. The third-order valence-electron chi connectivity index (χ3n) is 4.18. The Bertz CT molecular complexity index is 966. The van der Waals surface area contributed by atoms with Gasteiger partial charge in [-0.05, 0) is 23.8 Å². The molecule has 1 amide bonds. The van der Waals surface area contributed by atoms with Crippen LogP contribution in [0.5, 0.6) is 0 Å². The third-order valence-corrected chi connectivity index (χ3v) is 4.54. The van der Waals surface area contributed by atoms with E-state index in [4.69, 9.17) is 16.3 Å². The molecule has 0 aliphatic carbocycles. The number of carbonyl (C=O) groups excluding carboxylic acids is 2. The fraction of sp³-hybridized carbons (Fsp3) is 0.200. The number of rotatable bonds is 6. The second kappa shape index (κ2) is 8.22. The number of ether oxygens (including phenoxy) is 1. The topological polar surface area (TPSA) is 71.2 Å². The molecule has 1 aromatic heterocycles. The summed E-state index contributed by atoms with van der Waals surface area (Å²) in [6.07, 6.45) is 2.04. The predicted molar refractivity (Wildman–Crippen MR) is 101 cm³/mol. The van der Waals surface area contributed by atoms with Crippen molar-refractivity contribution in [1.29, 1.82) is 0 Å². The number of hydrogen-bond acceptors (Lipinski definition) is 3. The Hall–Kier alpha value is -2.86. The van der Waals surface area contributed by atoms with Gasteiger partial charge in [0.25, 0.3) is 0 Å². The molecule has 2 aromatic carbocycles. The van der Waals surface area contributed by atoms with E-state index in [0.717, 1.165) is 16.5 Å². The molecule has 0 saturated carbocycles. The van der Waals surface area contributed by atoms with Gasteiger partial charge in [0.15, 0.2) is 0 Å². The molecule has 1 heterocycles. The Morgan fingerprint density at radius 1 is 1.22 bits per heavy atom. The van der Waals surface area contributed by atoms with Gasteiger partial charge in [0, 0.05) is 36.0 Å². The van der Waals surface area contributed by atoms with E-state index in [-0.39, 0.29) is 29.5 Å². The van der Waals surface area contributed by atoms with Crippen LogP contribution in [0.3, 0.4) is 0 Å². The number of aromatic amines is 1. The summed E-state index contributed by atoms with van der Waals surface area (Å²) in [5.74, 6) is -1.57. The van der Waals surface area contributed by atoms with Crippen molar-refractivity contribution in [2.45, 2.75) is 26.0 Å². The van der Waals surface area contributed by atoms with Crippen LogP contribution >= 0.6 is 11.6 Å². The molecule has 2 N–H and O–H groups in total. The Kier molecular flexibility index (Phi) is 5.76. The fourth-order valence-electron chi connectivity index (χ4n) is 2.87. The van der Waals surface area contributed by atoms with E-state index >= 15 is 0 Å². The maximum absolute atomic E-state index is 13.8. The second-order valence-electron chi connectivity index (χ2n) is 6.12. The van der Waals surface area contributed by atoms with E-state index < -0.39 is 17.8 Å². The van der Waals surface area contributed by atoms with E-state index in [1.54, 1.807) is 6.20 Å². The molecule has 27 heavy (non-hydrogen) atoms. The van der Waals surface area contributed by atoms with Crippen molar-refractivity contribution in [3.05, 3.63) is 70.6 Å². The standard InChI is InChI=1S/C20H18ClFN2O3/c1-12(25)24-19(9-13-10-23-18-8-3-2-5-14(13)18)20(26)27-11-15-16(21)6-4-7-17(15)22/h2-8,10,19,23H,9,11H2,1H3,(H,24,25). The minimum Gasteiger partial charge on any atom is -0.459 e. The Balaban J connectivity index is 1.76. The number of carbonyl (C=O) groups is 2. The van der Waals surface area contributed by atoms with Gasteiger partial charge in [-0.2, -0.15) is 0 Å². The van der Waals surface area contributed by atoms with Crippen molar-refractivity contribution in [3.8, 4) is 0 Å². The average molecular weight is 389 g/mol. The van der Waals surface area contributed by atoms with Crippen LogP contribution in [-0.2, 0) is 27.4 Å². The van der Waals surface area contributed by atoms with Crippen molar-refractivity contribution in [3.63, 3.8) is 0 Å². The van der Waals surface area contributed by atoms with Gasteiger partial charge in [0.1, 0.15) is 18.5 Å². The summed E-state index contributed by atoms with van der Waals surface area (Å²) >= 11 is 5.95. The van der Waals surface area contributed by atoms with Crippen LogP contribution in [0.25, 0.3) is 10.9 Å². The maximum atomic E-state index is 13.8. The summed E-state index contributed by atoms with van der Waals surface area (Å²) in [5.41, 5.74) is 1.90. The number of aromatic nitrogens is 1. The summed E-state index contributed by atoms with van der Waals surface area (Å²) in [7, 11) is 0.